The lowest BCUT2D eigenvalue weighted by molar-refractivity contribution is 0.354. The first-order valence-corrected chi connectivity index (χ1v) is 9.28. The molecular formula is C20H17BrN4O3. The average Bonchev–Trinajstić information content (AvgIpc) is 3.05. The molecule has 1 N–H and O–H groups in total. The number of ether oxygens (including phenoxy) is 2. The zero-order valence-corrected chi connectivity index (χ0v) is 17.1. The predicted octanol–water partition coefficient (Wildman–Crippen LogP) is 3.85. The quantitative estimate of drug-likeness (QED) is 0.488. The second-order valence-electron chi connectivity index (χ2n) is 6.14. The second kappa shape index (κ2) is 7.12. The van der Waals surface area contributed by atoms with Gasteiger partial charge in [0.1, 0.15) is 16.9 Å². The SMILES string of the molecule is COc1cccc(/C=N\n2c(C)nc3c([nH]c4ccc(Br)cc43)c2=O)c1OC. The van der Waals surface area contributed by atoms with Crippen LogP contribution >= 0.6 is 15.9 Å². The Morgan fingerprint density at radius 2 is 2.04 bits per heavy atom. The predicted molar refractivity (Wildman–Crippen MR) is 113 cm³/mol. The topological polar surface area (TPSA) is 81.5 Å². The van der Waals surface area contributed by atoms with Gasteiger partial charge in [-0.05, 0) is 37.3 Å². The first kappa shape index (κ1) is 18.2. The van der Waals surface area contributed by atoms with E-state index in [2.05, 4.69) is 31.0 Å². The van der Waals surface area contributed by atoms with Crippen LogP contribution in [0.1, 0.15) is 11.4 Å². The number of nitrogens with one attached hydrogen (secondary N) is 1. The molecule has 0 spiro atoms. The fourth-order valence-corrected chi connectivity index (χ4v) is 3.51. The molecule has 0 saturated carbocycles. The summed E-state index contributed by atoms with van der Waals surface area (Å²) in [7, 11) is 3.13. The largest absolute Gasteiger partial charge is 0.493 e. The van der Waals surface area contributed by atoms with Crippen LogP contribution in [0.15, 0.2) is 50.8 Å². The van der Waals surface area contributed by atoms with Crippen molar-refractivity contribution in [2.45, 2.75) is 6.92 Å². The van der Waals surface area contributed by atoms with Crippen molar-refractivity contribution < 1.29 is 9.47 Å². The van der Waals surface area contributed by atoms with Crippen LogP contribution in [-0.4, -0.2) is 35.1 Å². The molecular weight excluding hydrogens is 424 g/mol. The minimum Gasteiger partial charge on any atom is -0.493 e. The van der Waals surface area contributed by atoms with Gasteiger partial charge in [0, 0.05) is 20.9 Å². The number of hydrogen-bond acceptors (Lipinski definition) is 5. The standard InChI is InChI=1S/C20H17BrN4O3/c1-11-23-17-14-9-13(21)7-8-15(14)24-18(17)20(26)25(11)22-10-12-5-4-6-16(27-2)19(12)28-3/h4-10,24H,1-3H3/b22-10-. The Morgan fingerprint density at radius 1 is 1.21 bits per heavy atom. The van der Waals surface area contributed by atoms with E-state index >= 15 is 0 Å². The van der Waals surface area contributed by atoms with Crippen molar-refractivity contribution >= 4 is 44.1 Å². The van der Waals surface area contributed by atoms with Gasteiger partial charge < -0.3 is 14.5 Å². The van der Waals surface area contributed by atoms with Crippen molar-refractivity contribution in [2.24, 2.45) is 5.10 Å². The van der Waals surface area contributed by atoms with Gasteiger partial charge in [0.2, 0.25) is 0 Å². The summed E-state index contributed by atoms with van der Waals surface area (Å²) < 4.78 is 12.9. The number of halogens is 1. The molecule has 4 rings (SSSR count). The smallest absolute Gasteiger partial charge is 0.298 e. The van der Waals surface area contributed by atoms with Gasteiger partial charge in [-0.3, -0.25) is 4.79 Å². The number of H-pyrrole nitrogens is 1. The van der Waals surface area contributed by atoms with E-state index < -0.39 is 0 Å². The summed E-state index contributed by atoms with van der Waals surface area (Å²) >= 11 is 3.46. The molecule has 8 heteroatoms. The Kier molecular flexibility index (Phi) is 4.64. The lowest BCUT2D eigenvalue weighted by Gasteiger charge is -2.09. The molecule has 0 amide bonds. The van der Waals surface area contributed by atoms with Crippen LogP contribution in [-0.2, 0) is 0 Å². The number of aromatic amines is 1. The van der Waals surface area contributed by atoms with Crippen molar-refractivity contribution in [1.82, 2.24) is 14.6 Å². The molecule has 2 aromatic carbocycles. The third-order valence-electron chi connectivity index (χ3n) is 4.47. The Morgan fingerprint density at radius 3 is 2.79 bits per heavy atom. The molecule has 28 heavy (non-hydrogen) atoms. The van der Waals surface area contributed by atoms with Gasteiger partial charge >= 0.3 is 0 Å². The van der Waals surface area contributed by atoms with Crippen molar-refractivity contribution in [2.75, 3.05) is 14.2 Å². The summed E-state index contributed by atoms with van der Waals surface area (Å²) in [5.41, 5.74) is 2.30. The van der Waals surface area contributed by atoms with Gasteiger partial charge in [0.25, 0.3) is 5.56 Å². The molecule has 0 saturated heterocycles. The molecule has 0 atom stereocenters. The van der Waals surface area contributed by atoms with E-state index in [4.69, 9.17) is 9.47 Å². The van der Waals surface area contributed by atoms with E-state index in [0.717, 1.165) is 15.4 Å². The molecule has 0 radical (unpaired) electrons. The maximum atomic E-state index is 13.0. The Hall–Kier alpha value is -3.13. The zero-order valence-electron chi connectivity index (χ0n) is 15.5. The maximum Gasteiger partial charge on any atom is 0.298 e. The zero-order chi connectivity index (χ0) is 19.8. The molecule has 2 heterocycles. The normalized spacial score (nSPS) is 11.6. The van der Waals surface area contributed by atoms with E-state index in [9.17, 15) is 4.79 Å². The van der Waals surface area contributed by atoms with Crippen molar-refractivity contribution in [1.29, 1.82) is 0 Å². The van der Waals surface area contributed by atoms with Crippen LogP contribution in [0.5, 0.6) is 11.5 Å². The van der Waals surface area contributed by atoms with Crippen molar-refractivity contribution in [3.05, 3.63) is 62.6 Å². The number of fused-ring (bicyclic) bond motifs is 3. The molecule has 0 aliphatic heterocycles. The molecule has 0 fully saturated rings. The molecule has 7 nitrogen and oxygen atoms in total. The first-order valence-electron chi connectivity index (χ1n) is 8.49. The highest BCUT2D eigenvalue weighted by molar-refractivity contribution is 9.10. The number of benzene rings is 2. The van der Waals surface area contributed by atoms with Gasteiger partial charge in [-0.1, -0.05) is 22.0 Å². The highest BCUT2D eigenvalue weighted by atomic mass is 79.9. The number of hydrogen-bond donors (Lipinski definition) is 1. The third-order valence-corrected chi connectivity index (χ3v) is 4.96. The lowest BCUT2D eigenvalue weighted by Crippen LogP contribution is -2.20. The number of aryl methyl sites for hydroxylation is 1. The van der Waals surface area contributed by atoms with E-state index in [1.165, 1.54) is 4.68 Å². The monoisotopic (exact) mass is 440 g/mol. The molecule has 0 bridgehead atoms. The fourth-order valence-electron chi connectivity index (χ4n) is 3.15. The van der Waals surface area contributed by atoms with Crippen LogP contribution in [0.25, 0.3) is 21.9 Å². The highest BCUT2D eigenvalue weighted by Gasteiger charge is 2.14. The van der Waals surface area contributed by atoms with E-state index in [0.29, 0.717) is 33.9 Å². The number of nitrogens with zero attached hydrogens (tertiary/aromatic N) is 3. The van der Waals surface area contributed by atoms with Gasteiger partial charge in [-0.15, -0.1) is 0 Å². The highest BCUT2D eigenvalue weighted by Crippen LogP contribution is 2.29. The number of methoxy groups -OCH3 is 2. The van der Waals surface area contributed by atoms with Crippen LogP contribution in [0.3, 0.4) is 0 Å². The number of rotatable bonds is 4. The summed E-state index contributed by atoms with van der Waals surface area (Å²) in [6.07, 6.45) is 1.56. The summed E-state index contributed by atoms with van der Waals surface area (Å²) in [6, 6.07) is 11.2. The van der Waals surface area contributed by atoms with Gasteiger partial charge in [-0.2, -0.15) is 9.78 Å². The fraction of sp³-hybridized carbons (Fsp3) is 0.150. The third kappa shape index (κ3) is 2.95. The van der Waals surface area contributed by atoms with Crippen molar-refractivity contribution in [3.8, 4) is 11.5 Å². The van der Waals surface area contributed by atoms with Crippen LogP contribution in [0.4, 0.5) is 0 Å². The summed E-state index contributed by atoms with van der Waals surface area (Å²) in [5, 5.41) is 5.23. The Balaban J connectivity index is 1.87. The minimum absolute atomic E-state index is 0.270. The Labute approximate surface area is 168 Å². The molecule has 142 valence electrons. The minimum atomic E-state index is -0.270. The van der Waals surface area contributed by atoms with Gasteiger partial charge in [0.05, 0.1) is 20.4 Å². The maximum absolute atomic E-state index is 13.0. The van der Waals surface area contributed by atoms with E-state index in [1.807, 2.05) is 30.3 Å². The summed E-state index contributed by atoms with van der Waals surface area (Å²) in [5.74, 6) is 1.62. The average molecular weight is 441 g/mol. The summed E-state index contributed by atoms with van der Waals surface area (Å²) in [4.78, 5) is 20.8. The van der Waals surface area contributed by atoms with Crippen LogP contribution < -0.4 is 15.0 Å². The second-order valence-corrected chi connectivity index (χ2v) is 7.06. The molecule has 2 aromatic heterocycles. The van der Waals surface area contributed by atoms with E-state index in [1.54, 1.807) is 33.4 Å². The molecule has 0 aliphatic carbocycles. The lowest BCUT2D eigenvalue weighted by atomic mass is 10.2. The van der Waals surface area contributed by atoms with E-state index in [-0.39, 0.29) is 5.56 Å². The number of aromatic nitrogens is 3. The van der Waals surface area contributed by atoms with Gasteiger partial charge in [-0.25, -0.2) is 4.98 Å². The first-order chi connectivity index (χ1) is 13.5. The molecule has 0 aliphatic rings. The van der Waals surface area contributed by atoms with Crippen LogP contribution in [0, 0.1) is 6.92 Å². The molecule has 4 aromatic rings. The Bertz CT molecular complexity index is 1290. The van der Waals surface area contributed by atoms with Gasteiger partial charge in [0.15, 0.2) is 11.5 Å². The van der Waals surface area contributed by atoms with Crippen LogP contribution in [0.2, 0.25) is 0 Å². The molecule has 0 unspecified atom stereocenters. The van der Waals surface area contributed by atoms with Crippen molar-refractivity contribution in [3.63, 3.8) is 0 Å². The summed E-state index contributed by atoms with van der Waals surface area (Å²) in [6.45, 7) is 1.75. The number of para-hydroxylation sites is 1.